The summed E-state index contributed by atoms with van der Waals surface area (Å²) >= 11 is 0. The molecule has 1 aromatic carbocycles. The molecule has 1 aliphatic heterocycles. The van der Waals surface area contributed by atoms with Crippen LogP contribution in [0.3, 0.4) is 0 Å². The van der Waals surface area contributed by atoms with Gasteiger partial charge >= 0.3 is 6.03 Å². The van der Waals surface area contributed by atoms with Crippen LogP contribution < -0.4 is 15.1 Å². The second-order valence-corrected chi connectivity index (χ2v) is 5.62. The number of anilines is 2. The molecule has 5 heteroatoms. The van der Waals surface area contributed by atoms with Crippen LogP contribution >= 0.6 is 0 Å². The van der Waals surface area contributed by atoms with E-state index in [1.807, 2.05) is 19.0 Å². The van der Waals surface area contributed by atoms with Gasteiger partial charge in [0, 0.05) is 58.2 Å². The van der Waals surface area contributed by atoms with Gasteiger partial charge in [-0.05, 0) is 30.7 Å². The van der Waals surface area contributed by atoms with Gasteiger partial charge in [0.1, 0.15) is 0 Å². The molecule has 0 saturated carbocycles. The highest BCUT2D eigenvalue weighted by atomic mass is 16.2. The predicted molar refractivity (Wildman–Crippen MR) is 88.2 cm³/mol. The van der Waals surface area contributed by atoms with Crippen LogP contribution in [0.15, 0.2) is 24.3 Å². The second-order valence-electron chi connectivity index (χ2n) is 5.62. The van der Waals surface area contributed by atoms with E-state index in [1.54, 1.807) is 0 Å². The number of piperazine rings is 1. The maximum atomic E-state index is 11.9. The smallest absolute Gasteiger partial charge is 0.317 e. The molecule has 1 N–H and O–H groups in total. The largest absolute Gasteiger partial charge is 0.378 e. The molecule has 0 bridgehead atoms. The van der Waals surface area contributed by atoms with E-state index in [-0.39, 0.29) is 6.03 Å². The van der Waals surface area contributed by atoms with Crippen molar-refractivity contribution >= 4 is 17.4 Å². The highest BCUT2D eigenvalue weighted by Crippen LogP contribution is 2.20. The van der Waals surface area contributed by atoms with Crippen molar-refractivity contribution in [3.63, 3.8) is 0 Å². The van der Waals surface area contributed by atoms with E-state index >= 15 is 0 Å². The van der Waals surface area contributed by atoms with Crippen LogP contribution in [-0.4, -0.2) is 57.8 Å². The van der Waals surface area contributed by atoms with E-state index in [4.69, 9.17) is 0 Å². The van der Waals surface area contributed by atoms with Gasteiger partial charge in [-0.2, -0.15) is 0 Å². The zero-order chi connectivity index (χ0) is 15.2. The van der Waals surface area contributed by atoms with Crippen molar-refractivity contribution in [2.45, 2.75) is 13.3 Å². The van der Waals surface area contributed by atoms with E-state index in [0.717, 1.165) is 39.1 Å². The maximum Gasteiger partial charge on any atom is 0.317 e. The zero-order valence-corrected chi connectivity index (χ0v) is 13.3. The summed E-state index contributed by atoms with van der Waals surface area (Å²) in [7, 11) is 4.09. The number of carbonyl (C=O) groups excluding carboxylic acids is 1. The molecule has 1 saturated heterocycles. The molecule has 2 amide bonds. The minimum atomic E-state index is 0.0689. The average Bonchev–Trinajstić information content (AvgIpc) is 2.53. The van der Waals surface area contributed by atoms with E-state index in [2.05, 4.69) is 46.3 Å². The number of benzene rings is 1. The Hall–Kier alpha value is -1.91. The highest BCUT2D eigenvalue weighted by molar-refractivity contribution is 5.74. The van der Waals surface area contributed by atoms with Crippen LogP contribution in [-0.2, 0) is 0 Å². The first kappa shape index (κ1) is 15.5. The van der Waals surface area contributed by atoms with Gasteiger partial charge in [0.25, 0.3) is 0 Å². The monoisotopic (exact) mass is 290 g/mol. The molecule has 0 unspecified atom stereocenters. The molecule has 0 radical (unpaired) electrons. The molecule has 2 rings (SSSR count). The minimum Gasteiger partial charge on any atom is -0.378 e. The molecule has 5 nitrogen and oxygen atoms in total. The van der Waals surface area contributed by atoms with Crippen molar-refractivity contribution in [2.24, 2.45) is 0 Å². The Balaban J connectivity index is 1.87. The van der Waals surface area contributed by atoms with Crippen LogP contribution in [0.2, 0.25) is 0 Å². The molecule has 1 fully saturated rings. The third kappa shape index (κ3) is 4.03. The summed E-state index contributed by atoms with van der Waals surface area (Å²) in [6.45, 7) is 6.17. The SMILES string of the molecule is CCCNC(=O)N1CCN(c2ccc(N(C)C)cc2)CC1. The Bertz CT molecular complexity index is 450. The first-order chi connectivity index (χ1) is 10.1. The molecule has 1 heterocycles. The number of nitrogens with zero attached hydrogens (tertiary/aromatic N) is 3. The molecule has 0 aromatic heterocycles. The Morgan fingerprint density at radius 3 is 2.29 bits per heavy atom. The van der Waals surface area contributed by atoms with Crippen LogP contribution in [0.4, 0.5) is 16.2 Å². The molecule has 1 aliphatic rings. The van der Waals surface area contributed by atoms with Gasteiger partial charge < -0.3 is 20.0 Å². The van der Waals surface area contributed by atoms with Gasteiger partial charge in [0.05, 0.1) is 0 Å². The number of hydrogen-bond donors (Lipinski definition) is 1. The van der Waals surface area contributed by atoms with Gasteiger partial charge in [-0.25, -0.2) is 4.79 Å². The molecular formula is C16H26N4O. The zero-order valence-electron chi connectivity index (χ0n) is 13.3. The molecule has 21 heavy (non-hydrogen) atoms. The Kier molecular flexibility index (Phi) is 5.31. The van der Waals surface area contributed by atoms with Crippen molar-refractivity contribution in [3.05, 3.63) is 24.3 Å². The average molecular weight is 290 g/mol. The van der Waals surface area contributed by atoms with Crippen LogP contribution in [0.1, 0.15) is 13.3 Å². The quantitative estimate of drug-likeness (QED) is 0.922. The highest BCUT2D eigenvalue weighted by Gasteiger charge is 2.20. The lowest BCUT2D eigenvalue weighted by atomic mass is 10.2. The van der Waals surface area contributed by atoms with Gasteiger partial charge in [-0.1, -0.05) is 6.92 Å². The summed E-state index contributed by atoms with van der Waals surface area (Å²) in [6.07, 6.45) is 0.976. The Labute approximate surface area is 127 Å². The van der Waals surface area contributed by atoms with Crippen molar-refractivity contribution in [1.82, 2.24) is 10.2 Å². The molecule has 0 aliphatic carbocycles. The van der Waals surface area contributed by atoms with Crippen LogP contribution in [0.25, 0.3) is 0 Å². The lowest BCUT2D eigenvalue weighted by molar-refractivity contribution is 0.194. The van der Waals surface area contributed by atoms with Gasteiger partial charge in [0.15, 0.2) is 0 Å². The van der Waals surface area contributed by atoms with E-state index in [0.29, 0.717) is 0 Å². The first-order valence-electron chi connectivity index (χ1n) is 7.67. The summed E-state index contributed by atoms with van der Waals surface area (Å²) < 4.78 is 0. The number of hydrogen-bond acceptors (Lipinski definition) is 3. The van der Waals surface area contributed by atoms with Crippen molar-refractivity contribution in [3.8, 4) is 0 Å². The first-order valence-corrected chi connectivity index (χ1v) is 7.67. The maximum absolute atomic E-state index is 11.9. The number of urea groups is 1. The Morgan fingerprint density at radius 1 is 1.14 bits per heavy atom. The molecule has 1 aromatic rings. The normalized spacial score (nSPS) is 15.0. The lowest BCUT2D eigenvalue weighted by Crippen LogP contribution is -2.52. The third-order valence-electron chi connectivity index (χ3n) is 3.82. The van der Waals surface area contributed by atoms with Crippen molar-refractivity contribution in [2.75, 3.05) is 56.6 Å². The summed E-state index contributed by atoms with van der Waals surface area (Å²) in [5, 5.41) is 2.94. The van der Waals surface area contributed by atoms with Gasteiger partial charge in [-0.15, -0.1) is 0 Å². The third-order valence-corrected chi connectivity index (χ3v) is 3.82. The van der Waals surface area contributed by atoms with Crippen LogP contribution in [0.5, 0.6) is 0 Å². The number of rotatable bonds is 4. The van der Waals surface area contributed by atoms with Crippen molar-refractivity contribution < 1.29 is 4.79 Å². The molecule has 0 spiro atoms. The standard InChI is InChI=1S/C16H26N4O/c1-4-9-17-16(21)20-12-10-19(11-13-20)15-7-5-14(6-8-15)18(2)3/h5-8H,4,9-13H2,1-3H3,(H,17,21). The van der Waals surface area contributed by atoms with Crippen molar-refractivity contribution in [1.29, 1.82) is 0 Å². The summed E-state index contributed by atoms with van der Waals surface area (Å²) in [5.41, 5.74) is 2.44. The number of nitrogens with one attached hydrogen (secondary N) is 1. The molecule has 116 valence electrons. The molecule has 0 atom stereocenters. The summed E-state index contributed by atoms with van der Waals surface area (Å²) in [4.78, 5) is 18.2. The van der Waals surface area contributed by atoms with E-state index in [1.165, 1.54) is 11.4 Å². The second kappa shape index (κ2) is 7.20. The predicted octanol–water partition coefficient (Wildman–Crippen LogP) is 1.99. The molecular weight excluding hydrogens is 264 g/mol. The summed E-state index contributed by atoms with van der Waals surface area (Å²) in [6, 6.07) is 8.65. The van der Waals surface area contributed by atoms with E-state index in [9.17, 15) is 4.79 Å². The summed E-state index contributed by atoms with van der Waals surface area (Å²) in [5.74, 6) is 0. The number of amides is 2. The fourth-order valence-electron chi connectivity index (χ4n) is 2.47. The van der Waals surface area contributed by atoms with Gasteiger partial charge in [0.2, 0.25) is 0 Å². The topological polar surface area (TPSA) is 38.8 Å². The van der Waals surface area contributed by atoms with Gasteiger partial charge in [-0.3, -0.25) is 0 Å². The number of carbonyl (C=O) groups is 1. The fraction of sp³-hybridized carbons (Fsp3) is 0.562. The van der Waals surface area contributed by atoms with E-state index < -0.39 is 0 Å². The fourth-order valence-corrected chi connectivity index (χ4v) is 2.47. The lowest BCUT2D eigenvalue weighted by Gasteiger charge is -2.36. The minimum absolute atomic E-state index is 0.0689. The Morgan fingerprint density at radius 2 is 1.76 bits per heavy atom. The van der Waals surface area contributed by atoms with Crippen LogP contribution in [0, 0.1) is 0 Å².